The van der Waals surface area contributed by atoms with Crippen LogP contribution in [-0.4, -0.2) is 43.3 Å². The molecule has 1 aliphatic rings. The smallest absolute Gasteiger partial charge is 0.119 e. The van der Waals surface area contributed by atoms with Gasteiger partial charge < -0.3 is 9.47 Å². The molecule has 1 saturated heterocycles. The van der Waals surface area contributed by atoms with Crippen molar-refractivity contribution in [2.45, 2.75) is 64.6 Å². The van der Waals surface area contributed by atoms with Crippen molar-refractivity contribution in [2.75, 3.05) is 26.2 Å². The van der Waals surface area contributed by atoms with Crippen LogP contribution in [0, 0.1) is 0 Å². The zero-order valence-electron chi connectivity index (χ0n) is 15.2. The molecule has 0 amide bonds. The second kappa shape index (κ2) is 11.1. The highest BCUT2D eigenvalue weighted by Crippen LogP contribution is 2.17. The van der Waals surface area contributed by atoms with E-state index < -0.39 is 0 Å². The van der Waals surface area contributed by atoms with Crippen molar-refractivity contribution in [3.05, 3.63) is 28.7 Å². The van der Waals surface area contributed by atoms with Crippen molar-refractivity contribution >= 4 is 15.9 Å². The van der Waals surface area contributed by atoms with E-state index in [1.165, 1.54) is 38.6 Å². The predicted octanol–water partition coefficient (Wildman–Crippen LogP) is 5.28. The van der Waals surface area contributed by atoms with Crippen LogP contribution in [0.4, 0.5) is 0 Å². The van der Waals surface area contributed by atoms with E-state index in [9.17, 15) is 0 Å². The Hall–Kier alpha value is -0.580. The van der Waals surface area contributed by atoms with E-state index >= 15 is 0 Å². The fraction of sp³-hybridized carbons (Fsp3) is 0.700. The number of halogens is 1. The summed E-state index contributed by atoms with van der Waals surface area (Å²) in [5.74, 6) is 0.965. The molecule has 0 bridgehead atoms. The van der Waals surface area contributed by atoms with Crippen LogP contribution in [0.5, 0.6) is 5.75 Å². The van der Waals surface area contributed by atoms with E-state index in [1.54, 1.807) is 0 Å². The summed E-state index contributed by atoms with van der Waals surface area (Å²) >= 11 is 3.43. The van der Waals surface area contributed by atoms with Crippen molar-refractivity contribution in [3.8, 4) is 5.75 Å². The summed E-state index contributed by atoms with van der Waals surface area (Å²) < 4.78 is 12.6. The molecule has 3 nitrogen and oxygen atoms in total. The maximum Gasteiger partial charge on any atom is 0.119 e. The van der Waals surface area contributed by atoms with Gasteiger partial charge in [0.25, 0.3) is 0 Å². The van der Waals surface area contributed by atoms with E-state index in [4.69, 9.17) is 9.47 Å². The van der Waals surface area contributed by atoms with Crippen LogP contribution in [0.25, 0.3) is 0 Å². The van der Waals surface area contributed by atoms with Crippen LogP contribution in [-0.2, 0) is 4.74 Å². The van der Waals surface area contributed by atoms with Gasteiger partial charge in [-0.15, -0.1) is 0 Å². The number of rotatable bonds is 10. The molecule has 24 heavy (non-hydrogen) atoms. The van der Waals surface area contributed by atoms with Crippen molar-refractivity contribution in [1.29, 1.82) is 0 Å². The molecule has 0 N–H and O–H groups in total. The molecule has 1 fully saturated rings. The van der Waals surface area contributed by atoms with Crippen molar-refractivity contribution in [3.63, 3.8) is 0 Å². The average Bonchev–Trinajstić information content (AvgIpc) is 2.54. The van der Waals surface area contributed by atoms with Gasteiger partial charge in [0.15, 0.2) is 0 Å². The van der Waals surface area contributed by atoms with Crippen LogP contribution < -0.4 is 4.74 Å². The van der Waals surface area contributed by atoms with E-state index in [0.29, 0.717) is 12.2 Å². The number of hydrogen-bond donors (Lipinski definition) is 0. The monoisotopic (exact) mass is 397 g/mol. The lowest BCUT2D eigenvalue weighted by Crippen LogP contribution is -2.45. The lowest BCUT2D eigenvalue weighted by Gasteiger charge is -2.35. The number of unbranched alkanes of at least 4 members (excludes halogenated alkanes) is 5. The normalized spacial score (nSPS) is 21.8. The topological polar surface area (TPSA) is 21.7 Å². The second-order valence-electron chi connectivity index (χ2n) is 6.94. The lowest BCUT2D eigenvalue weighted by molar-refractivity contribution is -0.0681. The molecular formula is C20H32BrNO2. The van der Waals surface area contributed by atoms with E-state index in [1.807, 2.05) is 24.3 Å². The van der Waals surface area contributed by atoms with Crippen LogP contribution in [0.15, 0.2) is 28.7 Å². The Morgan fingerprint density at radius 1 is 0.958 bits per heavy atom. The fourth-order valence-electron chi connectivity index (χ4n) is 3.33. The number of nitrogens with zero attached hydrogens (tertiary/aromatic N) is 1. The molecule has 1 heterocycles. The standard InChI is InChI=1S/C20H32BrNO2/c1-17-15-22(16-18(2)24-17)13-7-5-3-4-6-8-14-23-20-11-9-19(21)10-12-20/h9-12,17-18H,3-8,13-16H2,1-2H3. The predicted molar refractivity (Wildman–Crippen MR) is 104 cm³/mol. The van der Waals surface area contributed by atoms with Crippen LogP contribution in [0.2, 0.25) is 0 Å². The summed E-state index contributed by atoms with van der Waals surface area (Å²) in [7, 11) is 0. The maximum absolute atomic E-state index is 5.78. The molecule has 1 aromatic carbocycles. The minimum absolute atomic E-state index is 0.388. The fourth-order valence-corrected chi connectivity index (χ4v) is 3.60. The average molecular weight is 398 g/mol. The van der Waals surface area contributed by atoms with E-state index in [2.05, 4.69) is 34.7 Å². The van der Waals surface area contributed by atoms with Gasteiger partial charge in [-0.2, -0.15) is 0 Å². The molecule has 2 rings (SSSR count). The van der Waals surface area contributed by atoms with Gasteiger partial charge in [-0.05, 0) is 57.5 Å². The molecule has 1 aliphatic heterocycles. The minimum Gasteiger partial charge on any atom is -0.494 e. The Morgan fingerprint density at radius 2 is 1.54 bits per heavy atom. The Kier molecular flexibility index (Phi) is 9.14. The lowest BCUT2D eigenvalue weighted by atomic mass is 10.1. The van der Waals surface area contributed by atoms with Crippen LogP contribution in [0.3, 0.4) is 0 Å². The first-order valence-electron chi connectivity index (χ1n) is 9.39. The molecule has 2 atom stereocenters. The maximum atomic E-state index is 5.78. The highest BCUT2D eigenvalue weighted by Gasteiger charge is 2.21. The quantitative estimate of drug-likeness (QED) is 0.501. The number of hydrogen-bond acceptors (Lipinski definition) is 3. The Bertz CT molecular complexity index is 441. The SMILES string of the molecule is CC1CN(CCCCCCCCOc2ccc(Br)cc2)CC(C)O1. The van der Waals surface area contributed by atoms with E-state index in [0.717, 1.165) is 36.3 Å². The highest BCUT2D eigenvalue weighted by atomic mass is 79.9. The van der Waals surface area contributed by atoms with Gasteiger partial charge in [0.1, 0.15) is 5.75 Å². The first-order valence-corrected chi connectivity index (χ1v) is 10.2. The summed E-state index contributed by atoms with van der Waals surface area (Å²) in [4.78, 5) is 2.56. The minimum atomic E-state index is 0.388. The molecule has 136 valence electrons. The first-order chi connectivity index (χ1) is 11.6. The van der Waals surface area contributed by atoms with E-state index in [-0.39, 0.29) is 0 Å². The molecule has 0 spiro atoms. The third-order valence-electron chi connectivity index (χ3n) is 4.45. The molecule has 0 aliphatic carbocycles. The zero-order valence-corrected chi connectivity index (χ0v) is 16.8. The Labute approximate surface area is 155 Å². The van der Waals surface area contributed by atoms with Gasteiger partial charge in [-0.25, -0.2) is 0 Å². The molecular weight excluding hydrogens is 366 g/mol. The number of morpholine rings is 1. The largest absolute Gasteiger partial charge is 0.494 e. The third-order valence-corrected chi connectivity index (χ3v) is 4.97. The third kappa shape index (κ3) is 8.00. The van der Waals surface area contributed by atoms with Gasteiger partial charge in [0, 0.05) is 17.6 Å². The van der Waals surface area contributed by atoms with Crippen molar-refractivity contribution < 1.29 is 9.47 Å². The Balaban J connectivity index is 1.41. The van der Waals surface area contributed by atoms with Gasteiger partial charge in [0.05, 0.1) is 18.8 Å². The van der Waals surface area contributed by atoms with Gasteiger partial charge >= 0.3 is 0 Å². The number of ether oxygens (including phenoxy) is 2. The van der Waals surface area contributed by atoms with Crippen molar-refractivity contribution in [2.24, 2.45) is 0 Å². The molecule has 0 radical (unpaired) electrons. The summed E-state index contributed by atoms with van der Waals surface area (Å²) in [6, 6.07) is 8.06. The zero-order chi connectivity index (χ0) is 17.2. The first kappa shape index (κ1) is 19.7. The summed E-state index contributed by atoms with van der Waals surface area (Å²) in [6.45, 7) is 8.60. The summed E-state index contributed by atoms with van der Waals surface area (Å²) in [5, 5.41) is 0. The highest BCUT2D eigenvalue weighted by molar-refractivity contribution is 9.10. The summed E-state index contributed by atoms with van der Waals surface area (Å²) in [5.41, 5.74) is 0. The summed E-state index contributed by atoms with van der Waals surface area (Å²) in [6.07, 6.45) is 8.51. The molecule has 1 aromatic rings. The molecule has 0 aromatic heterocycles. The number of benzene rings is 1. The van der Waals surface area contributed by atoms with Crippen molar-refractivity contribution in [1.82, 2.24) is 4.90 Å². The molecule has 0 saturated carbocycles. The molecule has 2 unspecified atom stereocenters. The van der Waals surface area contributed by atoms with Crippen LogP contribution in [0.1, 0.15) is 52.4 Å². The Morgan fingerprint density at radius 3 is 2.21 bits per heavy atom. The second-order valence-corrected chi connectivity index (χ2v) is 7.86. The van der Waals surface area contributed by atoms with Gasteiger partial charge in [0.2, 0.25) is 0 Å². The van der Waals surface area contributed by atoms with Gasteiger partial charge in [-0.3, -0.25) is 4.90 Å². The van der Waals surface area contributed by atoms with Gasteiger partial charge in [-0.1, -0.05) is 41.6 Å². The van der Waals surface area contributed by atoms with Crippen LogP contribution >= 0.6 is 15.9 Å². The molecule has 4 heteroatoms.